The highest BCUT2D eigenvalue weighted by molar-refractivity contribution is 5.73. The molecule has 20 heavy (non-hydrogen) atoms. The van der Waals surface area contributed by atoms with Gasteiger partial charge in [0.25, 0.3) is 0 Å². The Kier molecular flexibility index (Phi) is 4.32. The molecule has 6 heteroatoms. The minimum absolute atomic E-state index is 0.0687. The molecule has 1 heterocycles. The third-order valence-corrected chi connectivity index (χ3v) is 3.51. The molecule has 0 saturated carbocycles. The number of carbonyl (C=O) groups is 1. The molecule has 0 atom stereocenters. The maximum Gasteiger partial charge on any atom is 0.416 e. The summed E-state index contributed by atoms with van der Waals surface area (Å²) >= 11 is 0. The average molecular weight is 286 g/mol. The van der Waals surface area contributed by atoms with Crippen molar-refractivity contribution in [2.75, 3.05) is 26.2 Å². The van der Waals surface area contributed by atoms with E-state index < -0.39 is 11.7 Å². The largest absolute Gasteiger partial charge is 0.416 e. The van der Waals surface area contributed by atoms with Gasteiger partial charge in [-0.3, -0.25) is 9.69 Å². The van der Waals surface area contributed by atoms with Crippen LogP contribution in [0, 0.1) is 0 Å². The van der Waals surface area contributed by atoms with Gasteiger partial charge < -0.3 is 4.90 Å². The highest BCUT2D eigenvalue weighted by Gasteiger charge is 2.30. The highest BCUT2D eigenvalue weighted by atomic mass is 19.4. The molecule has 0 bridgehead atoms. The van der Waals surface area contributed by atoms with Crippen LogP contribution in [0.4, 0.5) is 13.2 Å². The number of piperazine rings is 1. The Morgan fingerprint density at radius 1 is 1.10 bits per heavy atom. The standard InChI is InChI=1S/C14H17F3N2O/c1-11(20)19-8-6-18(7-9-19)10-12-2-4-13(5-3-12)14(15,16)17/h2-5H,6-10H2,1H3. The topological polar surface area (TPSA) is 23.6 Å². The lowest BCUT2D eigenvalue weighted by Crippen LogP contribution is -2.47. The molecule has 1 saturated heterocycles. The Morgan fingerprint density at radius 2 is 1.65 bits per heavy atom. The Morgan fingerprint density at radius 3 is 2.10 bits per heavy atom. The fraction of sp³-hybridized carbons (Fsp3) is 0.500. The van der Waals surface area contributed by atoms with Crippen LogP contribution < -0.4 is 0 Å². The lowest BCUT2D eigenvalue weighted by molar-refractivity contribution is -0.137. The summed E-state index contributed by atoms with van der Waals surface area (Å²) < 4.78 is 37.3. The fourth-order valence-corrected chi connectivity index (χ4v) is 2.28. The predicted octanol–water partition coefficient (Wildman–Crippen LogP) is 2.37. The van der Waals surface area contributed by atoms with E-state index in [1.807, 2.05) is 0 Å². The van der Waals surface area contributed by atoms with Gasteiger partial charge in [-0.2, -0.15) is 13.2 Å². The lowest BCUT2D eigenvalue weighted by Gasteiger charge is -2.34. The van der Waals surface area contributed by atoms with E-state index in [1.165, 1.54) is 12.1 Å². The average Bonchev–Trinajstić information content (AvgIpc) is 2.39. The van der Waals surface area contributed by atoms with Crippen molar-refractivity contribution in [1.29, 1.82) is 0 Å². The highest BCUT2D eigenvalue weighted by Crippen LogP contribution is 2.29. The van der Waals surface area contributed by atoms with Crippen molar-refractivity contribution in [3.63, 3.8) is 0 Å². The molecular weight excluding hydrogens is 269 g/mol. The van der Waals surface area contributed by atoms with Gasteiger partial charge in [-0.15, -0.1) is 0 Å². The molecule has 1 aliphatic heterocycles. The van der Waals surface area contributed by atoms with E-state index in [1.54, 1.807) is 11.8 Å². The maximum absolute atomic E-state index is 12.4. The van der Waals surface area contributed by atoms with Crippen LogP contribution in [0.15, 0.2) is 24.3 Å². The summed E-state index contributed by atoms with van der Waals surface area (Å²) in [4.78, 5) is 15.1. The summed E-state index contributed by atoms with van der Waals surface area (Å²) in [6, 6.07) is 5.25. The summed E-state index contributed by atoms with van der Waals surface area (Å²) in [6.45, 7) is 5.02. The molecule has 0 unspecified atom stereocenters. The summed E-state index contributed by atoms with van der Waals surface area (Å²) in [6.07, 6.45) is -4.29. The second kappa shape index (κ2) is 5.83. The molecule has 0 N–H and O–H groups in total. The predicted molar refractivity (Wildman–Crippen MR) is 69.0 cm³/mol. The van der Waals surface area contributed by atoms with Crippen molar-refractivity contribution < 1.29 is 18.0 Å². The van der Waals surface area contributed by atoms with Crippen LogP contribution >= 0.6 is 0 Å². The summed E-state index contributed by atoms with van der Waals surface area (Å²) in [7, 11) is 0. The second-order valence-electron chi connectivity index (χ2n) is 4.98. The SMILES string of the molecule is CC(=O)N1CCN(Cc2ccc(C(F)(F)F)cc2)CC1. The van der Waals surface area contributed by atoms with Gasteiger partial charge in [0.2, 0.25) is 5.91 Å². The van der Waals surface area contributed by atoms with Crippen LogP contribution in [-0.2, 0) is 17.5 Å². The minimum atomic E-state index is -4.29. The molecule has 0 radical (unpaired) electrons. The summed E-state index contributed by atoms with van der Waals surface area (Å²) in [5, 5.41) is 0. The first-order valence-corrected chi connectivity index (χ1v) is 6.50. The van der Waals surface area contributed by atoms with Crippen LogP contribution in [-0.4, -0.2) is 41.9 Å². The van der Waals surface area contributed by atoms with Crippen LogP contribution in [0.2, 0.25) is 0 Å². The van der Waals surface area contributed by atoms with Crippen LogP contribution in [0.1, 0.15) is 18.1 Å². The normalized spacial score (nSPS) is 17.3. The van der Waals surface area contributed by atoms with Gasteiger partial charge in [0, 0.05) is 39.6 Å². The monoisotopic (exact) mass is 286 g/mol. The molecular formula is C14H17F3N2O. The molecule has 2 rings (SSSR count). The molecule has 0 aromatic heterocycles. The Balaban J connectivity index is 1.90. The number of rotatable bonds is 2. The van der Waals surface area contributed by atoms with Gasteiger partial charge in [0.15, 0.2) is 0 Å². The maximum atomic E-state index is 12.4. The van der Waals surface area contributed by atoms with Crippen molar-refractivity contribution in [2.24, 2.45) is 0 Å². The van der Waals surface area contributed by atoms with Gasteiger partial charge >= 0.3 is 6.18 Å². The zero-order valence-corrected chi connectivity index (χ0v) is 11.3. The Labute approximate surface area is 116 Å². The third-order valence-electron chi connectivity index (χ3n) is 3.51. The third kappa shape index (κ3) is 3.72. The summed E-state index contributed by atoms with van der Waals surface area (Å²) in [5.74, 6) is 0.0687. The van der Waals surface area contributed by atoms with Crippen molar-refractivity contribution in [3.05, 3.63) is 35.4 Å². The first-order chi connectivity index (χ1) is 9.36. The molecule has 1 fully saturated rings. The number of amides is 1. The van der Waals surface area contributed by atoms with E-state index in [0.29, 0.717) is 19.6 Å². The second-order valence-corrected chi connectivity index (χ2v) is 4.98. The van der Waals surface area contributed by atoms with Crippen molar-refractivity contribution >= 4 is 5.91 Å². The van der Waals surface area contributed by atoms with Gasteiger partial charge in [-0.1, -0.05) is 12.1 Å². The van der Waals surface area contributed by atoms with E-state index in [2.05, 4.69) is 4.90 Å². The van der Waals surface area contributed by atoms with E-state index >= 15 is 0 Å². The first-order valence-electron chi connectivity index (χ1n) is 6.50. The lowest BCUT2D eigenvalue weighted by atomic mass is 10.1. The number of hydrogen-bond donors (Lipinski definition) is 0. The number of carbonyl (C=O) groups excluding carboxylic acids is 1. The quantitative estimate of drug-likeness (QED) is 0.833. The van der Waals surface area contributed by atoms with Crippen molar-refractivity contribution in [3.8, 4) is 0 Å². The number of benzene rings is 1. The van der Waals surface area contributed by atoms with Gasteiger partial charge in [-0.05, 0) is 17.7 Å². The minimum Gasteiger partial charge on any atom is -0.340 e. The zero-order chi connectivity index (χ0) is 14.8. The zero-order valence-electron chi connectivity index (χ0n) is 11.3. The van der Waals surface area contributed by atoms with Crippen molar-refractivity contribution in [1.82, 2.24) is 9.80 Å². The van der Waals surface area contributed by atoms with E-state index in [0.717, 1.165) is 30.8 Å². The van der Waals surface area contributed by atoms with Gasteiger partial charge in [-0.25, -0.2) is 0 Å². The van der Waals surface area contributed by atoms with Crippen molar-refractivity contribution in [2.45, 2.75) is 19.6 Å². The van der Waals surface area contributed by atoms with E-state index in [-0.39, 0.29) is 5.91 Å². The number of halogens is 3. The molecule has 0 spiro atoms. The van der Waals surface area contributed by atoms with Gasteiger partial charge in [0.1, 0.15) is 0 Å². The molecule has 1 aromatic carbocycles. The van der Waals surface area contributed by atoms with Crippen LogP contribution in [0.3, 0.4) is 0 Å². The molecule has 0 aliphatic carbocycles. The summed E-state index contributed by atoms with van der Waals surface area (Å²) in [5.41, 5.74) is 0.233. The molecule has 1 aromatic rings. The molecule has 3 nitrogen and oxygen atoms in total. The first kappa shape index (κ1) is 14.8. The van der Waals surface area contributed by atoms with E-state index in [4.69, 9.17) is 0 Å². The number of nitrogens with zero attached hydrogens (tertiary/aromatic N) is 2. The van der Waals surface area contributed by atoms with Crippen LogP contribution in [0.25, 0.3) is 0 Å². The number of alkyl halides is 3. The smallest absolute Gasteiger partial charge is 0.340 e. The van der Waals surface area contributed by atoms with Crippen LogP contribution in [0.5, 0.6) is 0 Å². The number of hydrogen-bond acceptors (Lipinski definition) is 2. The van der Waals surface area contributed by atoms with Gasteiger partial charge in [0.05, 0.1) is 5.56 Å². The Bertz CT molecular complexity index is 462. The van der Waals surface area contributed by atoms with E-state index in [9.17, 15) is 18.0 Å². The molecule has 110 valence electrons. The molecule has 1 aliphatic rings. The fourth-order valence-electron chi connectivity index (χ4n) is 2.28. The molecule has 1 amide bonds. The Hall–Kier alpha value is -1.56.